The molecule has 3 heterocycles. The number of nitrogens with one attached hydrogen (secondary N) is 1. The molecule has 0 spiro atoms. The lowest BCUT2D eigenvalue weighted by molar-refractivity contribution is -0.135. The van der Waals surface area contributed by atoms with Gasteiger partial charge in [-0.3, -0.25) is 14.5 Å². The zero-order valence-corrected chi connectivity index (χ0v) is 20.6. The third-order valence-corrected chi connectivity index (χ3v) is 8.93. The van der Waals surface area contributed by atoms with Gasteiger partial charge in [-0.25, -0.2) is 13.4 Å². The summed E-state index contributed by atoms with van der Waals surface area (Å²) < 4.78 is 28.0. The molecule has 3 aromatic rings. The van der Waals surface area contributed by atoms with E-state index in [1.165, 1.54) is 4.70 Å². The lowest BCUT2D eigenvalue weighted by Gasteiger charge is -2.34. The van der Waals surface area contributed by atoms with Crippen molar-refractivity contribution in [3.63, 3.8) is 0 Å². The van der Waals surface area contributed by atoms with Crippen LogP contribution >= 0.6 is 11.3 Å². The van der Waals surface area contributed by atoms with Crippen LogP contribution in [-0.2, 0) is 14.8 Å². The van der Waals surface area contributed by atoms with E-state index in [0.29, 0.717) is 24.4 Å². The molecule has 0 radical (unpaired) electrons. The second kappa shape index (κ2) is 9.84. The van der Waals surface area contributed by atoms with Crippen molar-refractivity contribution in [2.75, 3.05) is 13.1 Å². The number of amides is 1. The van der Waals surface area contributed by atoms with Crippen LogP contribution in [0.1, 0.15) is 61.6 Å². The van der Waals surface area contributed by atoms with Crippen LogP contribution in [0, 0.1) is 0 Å². The topological polar surface area (TPSA) is 91.7 Å². The summed E-state index contributed by atoms with van der Waals surface area (Å²) in [5, 5.41) is 1.05. The van der Waals surface area contributed by atoms with E-state index in [9.17, 15) is 13.2 Å². The lowest BCUT2D eigenvalue weighted by Crippen LogP contribution is -2.38. The monoisotopic (exact) mass is 496 g/mol. The number of rotatable bonds is 7. The first-order chi connectivity index (χ1) is 16.5. The van der Waals surface area contributed by atoms with Gasteiger partial charge in [0.05, 0.1) is 21.2 Å². The number of amidine groups is 1. The van der Waals surface area contributed by atoms with Gasteiger partial charge in [-0.2, -0.15) is 0 Å². The maximum atomic E-state index is 13.0. The van der Waals surface area contributed by atoms with E-state index in [-0.39, 0.29) is 16.8 Å². The summed E-state index contributed by atoms with van der Waals surface area (Å²) in [5.41, 5.74) is 1.64. The Bertz CT molecular complexity index is 1300. The third-order valence-electron chi connectivity index (χ3n) is 6.40. The van der Waals surface area contributed by atoms with Crippen LogP contribution in [0.4, 0.5) is 0 Å². The maximum absolute atomic E-state index is 13.0. The Morgan fingerprint density at radius 1 is 1.09 bits per heavy atom. The molecule has 0 bridgehead atoms. The molecule has 2 aromatic carbocycles. The highest BCUT2D eigenvalue weighted by atomic mass is 32.2. The zero-order valence-electron chi connectivity index (χ0n) is 18.9. The maximum Gasteiger partial charge on any atom is 0.263 e. The normalized spacial score (nSPS) is 20.4. The van der Waals surface area contributed by atoms with E-state index in [1.54, 1.807) is 29.5 Å². The summed E-state index contributed by atoms with van der Waals surface area (Å²) >= 11 is 1.70. The molecule has 1 amide bonds. The van der Waals surface area contributed by atoms with Crippen molar-refractivity contribution in [1.29, 1.82) is 0 Å². The molecule has 1 atom stereocenters. The molecule has 34 heavy (non-hydrogen) atoms. The van der Waals surface area contributed by atoms with Crippen molar-refractivity contribution in [2.24, 2.45) is 4.99 Å². The molecule has 2 aliphatic heterocycles. The number of likely N-dealkylation sites (tertiary alicyclic amines) is 1. The van der Waals surface area contributed by atoms with Crippen molar-refractivity contribution < 1.29 is 13.2 Å². The van der Waals surface area contributed by atoms with Gasteiger partial charge in [-0.15, -0.1) is 11.3 Å². The Morgan fingerprint density at radius 2 is 1.91 bits per heavy atom. The standard InChI is InChI=1S/C25H28N4O3S2/c30-23(29-17-9-7-12-20(29)25-27-19-11-4-5-13-21(19)33-25)15-2-1-8-16-26-24-18-10-3-6-14-22(18)34(31,32)28-24/h3-6,10-11,13-14,20H,1-2,7-9,12,15-17H2,(H,26,28). The SMILES string of the molecule is O=C(CCCCCN=C1NS(=O)(=O)c2ccccc21)N1CCCCC1c1nc2ccccc2s1. The summed E-state index contributed by atoms with van der Waals surface area (Å²) in [4.78, 5) is 24.6. The Morgan fingerprint density at radius 3 is 2.79 bits per heavy atom. The van der Waals surface area contributed by atoms with Crippen LogP contribution in [0.25, 0.3) is 10.2 Å². The molecule has 1 unspecified atom stereocenters. The van der Waals surface area contributed by atoms with Crippen molar-refractivity contribution in [2.45, 2.75) is 55.9 Å². The van der Waals surface area contributed by atoms with Gasteiger partial charge in [-0.05, 0) is 56.4 Å². The largest absolute Gasteiger partial charge is 0.333 e. The van der Waals surface area contributed by atoms with Gasteiger partial charge < -0.3 is 4.90 Å². The number of aromatic nitrogens is 1. The Hall–Kier alpha value is -2.78. The van der Waals surface area contributed by atoms with E-state index in [4.69, 9.17) is 4.98 Å². The lowest BCUT2D eigenvalue weighted by atomic mass is 10.0. The summed E-state index contributed by atoms with van der Waals surface area (Å²) in [6, 6.07) is 15.1. The Kier molecular flexibility index (Phi) is 6.65. The van der Waals surface area contributed by atoms with Gasteiger partial charge in [0.25, 0.3) is 10.0 Å². The van der Waals surface area contributed by atoms with Crippen molar-refractivity contribution >= 4 is 43.3 Å². The number of hydrogen-bond acceptors (Lipinski definition) is 6. The number of para-hydroxylation sites is 1. The van der Waals surface area contributed by atoms with E-state index in [1.807, 2.05) is 29.2 Å². The number of carbonyl (C=O) groups excluding carboxylic acids is 1. The average Bonchev–Trinajstić information content (AvgIpc) is 3.40. The van der Waals surface area contributed by atoms with Crippen LogP contribution in [0.3, 0.4) is 0 Å². The minimum atomic E-state index is -3.50. The number of fused-ring (bicyclic) bond motifs is 2. The quantitative estimate of drug-likeness (QED) is 0.482. The number of aliphatic imine (C=N–C) groups is 1. The number of carbonyl (C=O) groups is 1. The molecular formula is C25H28N4O3S2. The van der Waals surface area contributed by atoms with Crippen LogP contribution in [0.5, 0.6) is 0 Å². The van der Waals surface area contributed by atoms with E-state index >= 15 is 0 Å². The van der Waals surface area contributed by atoms with Gasteiger partial charge in [-0.1, -0.05) is 30.7 Å². The van der Waals surface area contributed by atoms with Gasteiger partial charge in [0.2, 0.25) is 5.91 Å². The number of hydrogen-bond donors (Lipinski definition) is 1. The highest BCUT2D eigenvalue weighted by Crippen LogP contribution is 2.36. The molecule has 1 saturated heterocycles. The predicted octanol–water partition coefficient (Wildman–Crippen LogP) is 4.65. The molecule has 2 aliphatic rings. The van der Waals surface area contributed by atoms with Crippen molar-refractivity contribution in [3.8, 4) is 0 Å². The number of nitrogens with zero attached hydrogens (tertiary/aromatic N) is 3. The second-order valence-corrected chi connectivity index (χ2v) is 11.5. The minimum Gasteiger partial charge on any atom is -0.333 e. The first-order valence-corrected chi connectivity index (χ1v) is 14.1. The van der Waals surface area contributed by atoms with Crippen molar-refractivity contribution in [3.05, 3.63) is 59.1 Å². The molecule has 1 fully saturated rings. The molecule has 1 aromatic heterocycles. The summed E-state index contributed by atoms with van der Waals surface area (Å²) in [6.45, 7) is 1.32. The number of piperidine rings is 1. The molecule has 1 N–H and O–H groups in total. The number of unbranched alkanes of at least 4 members (excludes halogenated alkanes) is 2. The van der Waals surface area contributed by atoms with Gasteiger partial charge in [0.1, 0.15) is 10.8 Å². The van der Waals surface area contributed by atoms with E-state index < -0.39 is 10.0 Å². The first kappa shape index (κ1) is 23.0. The van der Waals surface area contributed by atoms with Gasteiger partial charge in [0, 0.05) is 25.1 Å². The minimum absolute atomic E-state index is 0.0838. The van der Waals surface area contributed by atoms with Crippen molar-refractivity contribution in [1.82, 2.24) is 14.6 Å². The molecule has 0 saturated carbocycles. The van der Waals surface area contributed by atoms with Crippen LogP contribution < -0.4 is 4.72 Å². The fraction of sp³-hybridized carbons (Fsp3) is 0.400. The van der Waals surface area contributed by atoms with Gasteiger partial charge >= 0.3 is 0 Å². The molecule has 178 valence electrons. The summed E-state index contributed by atoms with van der Waals surface area (Å²) in [6.07, 6.45) is 6.14. The van der Waals surface area contributed by atoms with Crippen LogP contribution in [0.2, 0.25) is 0 Å². The number of thiazole rings is 1. The smallest absolute Gasteiger partial charge is 0.263 e. The van der Waals surface area contributed by atoms with Crippen LogP contribution in [0.15, 0.2) is 58.4 Å². The molecule has 9 heteroatoms. The third kappa shape index (κ3) is 4.72. The van der Waals surface area contributed by atoms with Crippen LogP contribution in [-0.4, -0.2) is 43.1 Å². The molecule has 5 rings (SSSR count). The predicted molar refractivity (Wildman–Crippen MR) is 135 cm³/mol. The number of sulfonamides is 1. The second-order valence-electron chi connectivity index (χ2n) is 8.76. The van der Waals surface area contributed by atoms with E-state index in [2.05, 4.69) is 15.8 Å². The first-order valence-electron chi connectivity index (χ1n) is 11.8. The Labute approximate surface area is 204 Å². The molecule has 7 nitrogen and oxygen atoms in total. The Balaban J connectivity index is 1.13. The molecular weight excluding hydrogens is 468 g/mol. The summed E-state index contributed by atoms with van der Waals surface area (Å²) in [5.74, 6) is 0.617. The highest BCUT2D eigenvalue weighted by molar-refractivity contribution is 7.90. The van der Waals surface area contributed by atoms with Gasteiger partial charge in [0.15, 0.2) is 0 Å². The zero-order chi connectivity index (χ0) is 23.5. The average molecular weight is 497 g/mol. The number of benzene rings is 2. The fourth-order valence-electron chi connectivity index (χ4n) is 4.67. The van der Waals surface area contributed by atoms with E-state index in [0.717, 1.165) is 55.6 Å². The fourth-order valence-corrected chi connectivity index (χ4v) is 7.04. The summed E-state index contributed by atoms with van der Waals surface area (Å²) in [7, 11) is -3.50. The highest BCUT2D eigenvalue weighted by Gasteiger charge is 2.31. The molecule has 0 aliphatic carbocycles.